The lowest BCUT2D eigenvalue weighted by atomic mass is 10.3. The first kappa shape index (κ1) is 21.2. The van der Waals surface area contributed by atoms with Crippen LogP contribution in [-0.4, -0.2) is 53.0 Å². The molecule has 10 heteroatoms. The molecule has 7 nitrogen and oxygen atoms in total. The predicted molar refractivity (Wildman–Crippen MR) is 90.3 cm³/mol. The van der Waals surface area contributed by atoms with E-state index < -0.39 is 12.1 Å². The fraction of sp³-hybridized carbons (Fsp3) is 0.583. The molecule has 0 aliphatic rings. The van der Waals surface area contributed by atoms with E-state index in [1.54, 1.807) is 0 Å². The average molecular weight is 368 g/mol. The molecule has 0 radical (unpaired) electrons. The molecule has 22 heavy (non-hydrogen) atoms. The summed E-state index contributed by atoms with van der Waals surface area (Å²) in [5.41, 5.74) is 0. The van der Waals surface area contributed by atoms with E-state index in [1.165, 1.54) is 23.1 Å². The van der Waals surface area contributed by atoms with E-state index in [1.807, 2.05) is 0 Å². The number of nitrogens with zero attached hydrogens (tertiary/aromatic N) is 1. The Bertz CT molecular complexity index is 492. The molecule has 0 amide bonds. The van der Waals surface area contributed by atoms with E-state index in [0.717, 1.165) is 23.3 Å². The number of aliphatic hydroxyl groups excluding tert-OH is 1. The highest BCUT2D eigenvalue weighted by atomic mass is 32.2. The number of rotatable bonds is 11. The molecule has 0 aromatic carbocycles. The van der Waals surface area contributed by atoms with Gasteiger partial charge in [0.1, 0.15) is 0 Å². The first-order valence-electron chi connectivity index (χ1n) is 6.35. The molecule has 126 valence electrons. The minimum absolute atomic E-state index is 0. The minimum atomic E-state index is -0.550. The van der Waals surface area contributed by atoms with Gasteiger partial charge in [-0.3, -0.25) is 5.10 Å². The maximum atomic E-state index is 10.8. The van der Waals surface area contributed by atoms with Crippen LogP contribution in [0.1, 0.15) is 12.8 Å². The number of unbranched alkanes of at least 4 members (excludes halogenated alkanes) is 1. The Morgan fingerprint density at radius 1 is 1.55 bits per heavy atom. The van der Waals surface area contributed by atoms with Crippen molar-refractivity contribution in [3.05, 3.63) is 16.6 Å². The summed E-state index contributed by atoms with van der Waals surface area (Å²) in [5.74, 6) is 0.0950. The lowest BCUT2D eigenvalue weighted by Gasteiger charge is -2.10. The van der Waals surface area contributed by atoms with Crippen LogP contribution in [0.5, 0.6) is 0 Å². The van der Waals surface area contributed by atoms with Crippen molar-refractivity contribution in [1.29, 1.82) is 0 Å². The van der Waals surface area contributed by atoms with E-state index in [-0.39, 0.29) is 12.8 Å². The molecule has 0 aliphatic carbocycles. The zero-order chi connectivity index (χ0) is 15.5. The van der Waals surface area contributed by atoms with Crippen LogP contribution in [0.3, 0.4) is 0 Å². The van der Waals surface area contributed by atoms with Crippen molar-refractivity contribution in [2.24, 2.45) is 0 Å². The van der Waals surface area contributed by atoms with Crippen LogP contribution in [0, 0.1) is 3.95 Å². The summed E-state index contributed by atoms with van der Waals surface area (Å²) in [6, 6.07) is 0. The summed E-state index contributed by atoms with van der Waals surface area (Å²) in [5, 5.41) is 16.4. The van der Waals surface area contributed by atoms with Gasteiger partial charge in [-0.05, 0) is 25.1 Å². The van der Waals surface area contributed by atoms with Gasteiger partial charge in [0, 0.05) is 18.4 Å². The van der Waals surface area contributed by atoms with Crippen molar-refractivity contribution in [1.82, 2.24) is 16.3 Å². The summed E-state index contributed by atoms with van der Waals surface area (Å²) >= 11 is 7.74. The molecule has 0 bridgehead atoms. The number of hydrogen-bond donors (Lipinski definition) is 3. The van der Waals surface area contributed by atoms with Crippen molar-refractivity contribution >= 4 is 41.3 Å². The zero-order valence-corrected chi connectivity index (χ0v) is 14.6. The number of carbonyl (C=O) groups is 1. The Hall–Kier alpha value is -0.780. The summed E-state index contributed by atoms with van der Waals surface area (Å²) in [6.07, 6.45) is 2.08. The van der Waals surface area contributed by atoms with Crippen LogP contribution >= 0.6 is 35.3 Å². The third-order valence-electron chi connectivity index (χ3n) is 2.22. The number of hydrogen-bond acceptors (Lipinski definition) is 9. The number of ether oxygens (including phenoxy) is 2. The Labute approximate surface area is 142 Å². The second-order valence-corrected chi connectivity index (χ2v) is 6.93. The Morgan fingerprint density at radius 3 is 2.91 bits per heavy atom. The number of thioether (sulfide) groups is 1. The highest BCUT2D eigenvalue weighted by Crippen LogP contribution is 2.20. The molecule has 0 saturated heterocycles. The molecule has 0 spiro atoms. The van der Waals surface area contributed by atoms with Gasteiger partial charge in [0.2, 0.25) is 0 Å². The second-order valence-electron chi connectivity index (χ2n) is 4.00. The van der Waals surface area contributed by atoms with Crippen LogP contribution in [0.2, 0.25) is 0 Å². The lowest BCUT2D eigenvalue weighted by molar-refractivity contribution is -0.137. The predicted octanol–water partition coefficient (Wildman–Crippen LogP) is 2.34. The molecular formula is C12H21N3O4S3. The normalized spacial score (nSPS) is 11.5. The van der Waals surface area contributed by atoms with E-state index in [4.69, 9.17) is 21.7 Å². The van der Waals surface area contributed by atoms with Gasteiger partial charge >= 0.3 is 5.97 Å². The number of nitrogens with one attached hydrogen (secondary N) is 1. The third kappa shape index (κ3) is 10.0. The Kier molecular flexibility index (Phi) is 12.3. The molecule has 1 rings (SSSR count). The molecule has 5 N–H and O–H groups in total. The molecule has 0 aliphatic heterocycles. The monoisotopic (exact) mass is 367 g/mol. The van der Waals surface area contributed by atoms with Crippen molar-refractivity contribution in [2.45, 2.75) is 23.3 Å². The van der Waals surface area contributed by atoms with E-state index >= 15 is 0 Å². The molecular weight excluding hydrogens is 346 g/mol. The summed E-state index contributed by atoms with van der Waals surface area (Å²) in [6.45, 7) is 4.46. The average Bonchev–Trinajstić information content (AvgIpc) is 2.89. The quantitative estimate of drug-likeness (QED) is 0.179. The van der Waals surface area contributed by atoms with Crippen LogP contribution in [-0.2, 0) is 14.3 Å². The molecule has 0 fully saturated rings. The largest absolute Gasteiger partial charge is 0.463 e. The number of carbonyl (C=O) groups excluding carboxylic acids is 1. The zero-order valence-electron chi connectivity index (χ0n) is 12.2. The first-order chi connectivity index (χ1) is 10.1. The molecule has 1 unspecified atom stereocenters. The SMILES string of the molecule is C=CC(=O)OCCCCOCC(O)CSc1n[nH]c(=S)s1.N. The standard InChI is InChI=1S/C12H18N2O4S3.H3N/c1-2-10(16)18-6-4-3-5-17-7-9(15)8-20-12-14-13-11(19)21-12;/h2,9,15H,1,3-8H2,(H,13,19);1H3. The van der Waals surface area contributed by atoms with Gasteiger partial charge in [0.25, 0.3) is 0 Å². The van der Waals surface area contributed by atoms with Gasteiger partial charge in [-0.1, -0.05) is 29.7 Å². The molecule has 1 aromatic heterocycles. The maximum absolute atomic E-state index is 10.8. The molecule has 1 atom stereocenters. The fourth-order valence-corrected chi connectivity index (χ4v) is 3.26. The maximum Gasteiger partial charge on any atom is 0.330 e. The second kappa shape index (κ2) is 12.7. The van der Waals surface area contributed by atoms with Crippen LogP contribution in [0.25, 0.3) is 0 Å². The van der Waals surface area contributed by atoms with Crippen LogP contribution in [0.15, 0.2) is 17.0 Å². The van der Waals surface area contributed by atoms with Gasteiger partial charge in [0.15, 0.2) is 8.29 Å². The number of H-pyrrole nitrogens is 1. The van der Waals surface area contributed by atoms with Gasteiger partial charge in [-0.25, -0.2) is 4.79 Å². The van der Waals surface area contributed by atoms with Crippen molar-refractivity contribution in [3.8, 4) is 0 Å². The third-order valence-corrected chi connectivity index (χ3v) is 4.60. The summed E-state index contributed by atoms with van der Waals surface area (Å²) < 4.78 is 11.6. The number of esters is 1. The summed E-state index contributed by atoms with van der Waals surface area (Å²) in [7, 11) is 0. The van der Waals surface area contributed by atoms with Crippen LogP contribution in [0.4, 0.5) is 0 Å². The Balaban J connectivity index is 0.00000441. The smallest absolute Gasteiger partial charge is 0.330 e. The van der Waals surface area contributed by atoms with Gasteiger partial charge in [-0.2, -0.15) is 5.10 Å². The Morgan fingerprint density at radius 2 is 2.27 bits per heavy atom. The van der Waals surface area contributed by atoms with E-state index in [9.17, 15) is 9.90 Å². The minimum Gasteiger partial charge on any atom is -0.463 e. The van der Waals surface area contributed by atoms with Crippen LogP contribution < -0.4 is 6.15 Å². The molecule has 1 aromatic rings. The number of aliphatic hydroxyl groups is 1. The highest BCUT2D eigenvalue weighted by Gasteiger charge is 2.07. The fourth-order valence-electron chi connectivity index (χ4n) is 1.25. The number of aromatic amines is 1. The van der Waals surface area contributed by atoms with Crippen molar-refractivity contribution in [2.75, 3.05) is 25.6 Å². The van der Waals surface area contributed by atoms with Gasteiger partial charge in [-0.15, -0.1) is 0 Å². The van der Waals surface area contributed by atoms with Gasteiger partial charge < -0.3 is 20.7 Å². The first-order valence-corrected chi connectivity index (χ1v) is 8.56. The van der Waals surface area contributed by atoms with E-state index in [0.29, 0.717) is 22.9 Å². The molecule has 1 heterocycles. The summed E-state index contributed by atoms with van der Waals surface area (Å²) in [4.78, 5) is 10.8. The number of aromatic nitrogens is 2. The van der Waals surface area contributed by atoms with E-state index in [2.05, 4.69) is 16.8 Å². The van der Waals surface area contributed by atoms with Crippen molar-refractivity contribution in [3.63, 3.8) is 0 Å². The topological polar surface area (TPSA) is 119 Å². The highest BCUT2D eigenvalue weighted by molar-refractivity contribution is 8.01. The van der Waals surface area contributed by atoms with Gasteiger partial charge in [0.05, 0.1) is 19.3 Å². The molecule has 0 saturated carbocycles. The van der Waals surface area contributed by atoms with Crippen molar-refractivity contribution < 1.29 is 19.4 Å². The lowest BCUT2D eigenvalue weighted by Crippen LogP contribution is -2.18.